The van der Waals surface area contributed by atoms with Gasteiger partial charge < -0.3 is 24.3 Å². The molecule has 0 aliphatic heterocycles. The molecule has 0 spiro atoms. The third-order valence-corrected chi connectivity index (χ3v) is 4.85. The van der Waals surface area contributed by atoms with Crippen LogP contribution in [0.25, 0.3) is 11.0 Å². The van der Waals surface area contributed by atoms with Crippen LogP contribution in [0, 0.1) is 6.92 Å². The Bertz CT molecular complexity index is 1070. The molecule has 1 aromatic heterocycles. The first-order valence-corrected chi connectivity index (χ1v) is 9.12. The van der Waals surface area contributed by atoms with Crippen molar-refractivity contribution in [2.24, 2.45) is 0 Å². The number of aryl methyl sites for hydroxylation is 1. The van der Waals surface area contributed by atoms with Gasteiger partial charge in [-0.05, 0) is 30.2 Å². The van der Waals surface area contributed by atoms with E-state index in [9.17, 15) is 14.7 Å². The number of hydrogen-bond acceptors (Lipinski definition) is 6. The normalized spacial score (nSPS) is 11.9. The number of methoxy groups -OCH3 is 2. The summed E-state index contributed by atoms with van der Waals surface area (Å²) < 4.78 is 16.0. The minimum Gasteiger partial charge on any atom is -0.493 e. The van der Waals surface area contributed by atoms with E-state index in [2.05, 4.69) is 5.32 Å². The lowest BCUT2D eigenvalue weighted by Gasteiger charge is -2.17. The molecule has 0 bridgehead atoms. The van der Waals surface area contributed by atoms with E-state index in [-0.39, 0.29) is 30.1 Å². The summed E-state index contributed by atoms with van der Waals surface area (Å²) in [5.41, 5.74) is 1.33. The van der Waals surface area contributed by atoms with Crippen molar-refractivity contribution >= 4 is 16.9 Å². The van der Waals surface area contributed by atoms with E-state index in [1.54, 1.807) is 19.1 Å². The van der Waals surface area contributed by atoms with Gasteiger partial charge in [-0.1, -0.05) is 30.3 Å². The van der Waals surface area contributed by atoms with E-state index in [4.69, 9.17) is 13.9 Å². The molecule has 1 atom stereocenters. The SMILES string of the molecule is COc1ccc2c(C)c(CC(=O)NC(CO)c3ccccc3)c(=O)oc2c1OC. The fraction of sp³-hybridized carbons (Fsp3) is 0.273. The highest BCUT2D eigenvalue weighted by Crippen LogP contribution is 2.36. The minimum atomic E-state index is -0.614. The van der Waals surface area contributed by atoms with Gasteiger partial charge in [0.05, 0.1) is 38.9 Å². The Kier molecular flexibility index (Phi) is 6.19. The molecule has 7 heteroatoms. The minimum absolute atomic E-state index is 0.165. The van der Waals surface area contributed by atoms with Crippen molar-refractivity contribution in [1.82, 2.24) is 5.32 Å². The molecule has 0 fully saturated rings. The van der Waals surface area contributed by atoms with Crippen LogP contribution in [0.15, 0.2) is 51.7 Å². The van der Waals surface area contributed by atoms with E-state index < -0.39 is 11.7 Å². The number of carbonyl (C=O) groups excluding carboxylic acids is 1. The highest BCUT2D eigenvalue weighted by atomic mass is 16.5. The molecule has 3 aromatic rings. The topological polar surface area (TPSA) is 98.0 Å². The predicted octanol–water partition coefficient (Wildman–Crippen LogP) is 2.51. The fourth-order valence-corrected chi connectivity index (χ4v) is 3.30. The Morgan fingerprint density at radius 1 is 1.14 bits per heavy atom. The summed E-state index contributed by atoms with van der Waals surface area (Å²) >= 11 is 0. The van der Waals surface area contributed by atoms with Gasteiger partial charge in [0.2, 0.25) is 11.7 Å². The summed E-state index contributed by atoms with van der Waals surface area (Å²) in [4.78, 5) is 25.2. The van der Waals surface area contributed by atoms with Crippen LogP contribution in [-0.2, 0) is 11.2 Å². The number of ether oxygens (including phenoxy) is 2. The smallest absolute Gasteiger partial charge is 0.340 e. The van der Waals surface area contributed by atoms with Gasteiger partial charge >= 0.3 is 5.63 Å². The van der Waals surface area contributed by atoms with E-state index >= 15 is 0 Å². The molecule has 1 heterocycles. The maximum atomic E-state index is 12.6. The lowest BCUT2D eigenvalue weighted by atomic mass is 10.0. The van der Waals surface area contributed by atoms with Crippen molar-refractivity contribution in [3.63, 3.8) is 0 Å². The Balaban J connectivity index is 1.92. The zero-order valence-corrected chi connectivity index (χ0v) is 16.5. The number of nitrogens with one attached hydrogen (secondary N) is 1. The zero-order chi connectivity index (χ0) is 21.0. The molecule has 2 aromatic carbocycles. The Morgan fingerprint density at radius 3 is 2.48 bits per heavy atom. The number of aliphatic hydroxyl groups excluding tert-OH is 1. The van der Waals surface area contributed by atoms with E-state index in [0.29, 0.717) is 22.4 Å². The molecule has 0 radical (unpaired) electrons. The van der Waals surface area contributed by atoms with Crippen molar-refractivity contribution in [2.45, 2.75) is 19.4 Å². The highest BCUT2D eigenvalue weighted by Gasteiger charge is 2.21. The summed E-state index contributed by atoms with van der Waals surface area (Å²) in [5.74, 6) is 0.385. The van der Waals surface area contributed by atoms with Gasteiger partial charge in [0.1, 0.15) is 0 Å². The van der Waals surface area contributed by atoms with Crippen LogP contribution in [0.3, 0.4) is 0 Å². The number of fused-ring (bicyclic) bond motifs is 1. The van der Waals surface area contributed by atoms with Crippen molar-refractivity contribution in [3.8, 4) is 11.5 Å². The second kappa shape index (κ2) is 8.79. The number of carbonyl (C=O) groups is 1. The summed E-state index contributed by atoms with van der Waals surface area (Å²) in [5, 5.41) is 13.1. The monoisotopic (exact) mass is 397 g/mol. The maximum absolute atomic E-state index is 12.6. The number of hydrogen-bond donors (Lipinski definition) is 2. The van der Waals surface area contributed by atoms with Crippen LogP contribution in [-0.4, -0.2) is 31.8 Å². The van der Waals surface area contributed by atoms with E-state index in [1.165, 1.54) is 14.2 Å². The lowest BCUT2D eigenvalue weighted by molar-refractivity contribution is -0.121. The van der Waals surface area contributed by atoms with Crippen molar-refractivity contribution < 1.29 is 23.8 Å². The van der Waals surface area contributed by atoms with Gasteiger partial charge in [0, 0.05) is 5.39 Å². The van der Waals surface area contributed by atoms with Crippen molar-refractivity contribution in [3.05, 3.63) is 69.6 Å². The first-order chi connectivity index (χ1) is 14.0. The van der Waals surface area contributed by atoms with Crippen molar-refractivity contribution in [2.75, 3.05) is 20.8 Å². The standard InChI is InChI=1S/C22H23NO6/c1-13-15-9-10-18(27-2)21(28-3)20(15)29-22(26)16(13)11-19(25)23-17(12-24)14-7-5-4-6-8-14/h4-10,17,24H,11-12H2,1-3H3,(H,23,25). The van der Waals surface area contributed by atoms with E-state index in [1.807, 2.05) is 30.3 Å². The molecule has 2 N–H and O–H groups in total. The molecule has 0 aliphatic rings. The third-order valence-electron chi connectivity index (χ3n) is 4.85. The predicted molar refractivity (Wildman–Crippen MR) is 108 cm³/mol. The summed E-state index contributed by atoms with van der Waals surface area (Å²) in [7, 11) is 2.96. The zero-order valence-electron chi connectivity index (χ0n) is 16.5. The fourth-order valence-electron chi connectivity index (χ4n) is 3.30. The van der Waals surface area contributed by atoms with Gasteiger partial charge in [0.25, 0.3) is 0 Å². The lowest BCUT2D eigenvalue weighted by Crippen LogP contribution is -2.33. The van der Waals surface area contributed by atoms with Crippen LogP contribution in [0.2, 0.25) is 0 Å². The molecule has 0 saturated carbocycles. The average molecular weight is 397 g/mol. The quantitative estimate of drug-likeness (QED) is 0.595. The molecule has 0 aliphatic carbocycles. The molecule has 3 rings (SSSR count). The number of aliphatic hydroxyl groups is 1. The van der Waals surface area contributed by atoms with E-state index in [0.717, 1.165) is 5.56 Å². The second-order valence-corrected chi connectivity index (χ2v) is 6.56. The Labute approximate surface area is 167 Å². The molecule has 1 unspecified atom stereocenters. The van der Waals surface area contributed by atoms with Gasteiger partial charge in [-0.3, -0.25) is 4.79 Å². The molecule has 1 amide bonds. The van der Waals surface area contributed by atoms with Crippen LogP contribution >= 0.6 is 0 Å². The van der Waals surface area contributed by atoms with Gasteiger partial charge in [0.15, 0.2) is 11.3 Å². The molecule has 7 nitrogen and oxygen atoms in total. The van der Waals surface area contributed by atoms with Crippen LogP contribution in [0.4, 0.5) is 0 Å². The highest BCUT2D eigenvalue weighted by molar-refractivity contribution is 5.90. The summed E-state index contributed by atoms with van der Waals surface area (Å²) in [6.07, 6.45) is -0.165. The average Bonchev–Trinajstić information content (AvgIpc) is 2.74. The van der Waals surface area contributed by atoms with Gasteiger partial charge in [-0.2, -0.15) is 0 Å². The van der Waals surface area contributed by atoms with Gasteiger partial charge in [-0.25, -0.2) is 4.79 Å². The molecule has 152 valence electrons. The van der Waals surface area contributed by atoms with Crippen LogP contribution in [0.5, 0.6) is 11.5 Å². The number of rotatable bonds is 7. The second-order valence-electron chi connectivity index (χ2n) is 6.56. The number of benzene rings is 2. The summed E-state index contributed by atoms with van der Waals surface area (Å²) in [6, 6.07) is 12.1. The maximum Gasteiger partial charge on any atom is 0.340 e. The Hall–Kier alpha value is -3.32. The molecular formula is C22H23NO6. The first-order valence-electron chi connectivity index (χ1n) is 9.12. The van der Waals surface area contributed by atoms with Crippen molar-refractivity contribution in [1.29, 1.82) is 0 Å². The van der Waals surface area contributed by atoms with Gasteiger partial charge in [-0.15, -0.1) is 0 Å². The van der Waals surface area contributed by atoms with Crippen LogP contribution in [0.1, 0.15) is 22.7 Å². The van der Waals surface area contributed by atoms with Crippen LogP contribution < -0.4 is 20.4 Å². The number of amides is 1. The molecular weight excluding hydrogens is 374 g/mol. The summed E-state index contributed by atoms with van der Waals surface area (Å²) in [6.45, 7) is 1.51. The largest absolute Gasteiger partial charge is 0.493 e. The molecule has 0 saturated heterocycles. The first kappa shape index (κ1) is 20.4. The Morgan fingerprint density at radius 2 is 1.86 bits per heavy atom. The molecule has 29 heavy (non-hydrogen) atoms. The third kappa shape index (κ3) is 4.09.